The first-order valence-electron chi connectivity index (χ1n) is 6.18. The number of aryl methyl sites for hydroxylation is 1. The highest BCUT2D eigenvalue weighted by Crippen LogP contribution is 2.26. The Morgan fingerprint density at radius 3 is 2.50 bits per heavy atom. The zero-order valence-corrected chi connectivity index (χ0v) is 13.3. The third-order valence-corrected chi connectivity index (χ3v) is 5.23. The minimum Gasteiger partial charge on any atom is -0.336 e. The van der Waals surface area contributed by atoms with Crippen molar-refractivity contribution in [2.75, 3.05) is 13.1 Å². The van der Waals surface area contributed by atoms with Gasteiger partial charge in [-0.25, -0.2) is 0 Å². The average Bonchev–Trinajstić information content (AvgIpc) is 2.30. The van der Waals surface area contributed by atoms with Crippen LogP contribution in [0.4, 0.5) is 0 Å². The molecule has 1 heterocycles. The van der Waals surface area contributed by atoms with Crippen LogP contribution < -0.4 is 0 Å². The van der Waals surface area contributed by atoms with Crippen molar-refractivity contribution in [3.05, 3.63) is 33.8 Å². The average molecular weight is 328 g/mol. The summed E-state index contributed by atoms with van der Waals surface area (Å²) in [7, 11) is 0. The largest absolute Gasteiger partial charge is 0.336 e. The quantitative estimate of drug-likeness (QED) is 0.783. The van der Waals surface area contributed by atoms with E-state index in [1.54, 1.807) is 0 Å². The Kier molecular flexibility index (Phi) is 4.38. The molecule has 0 N–H and O–H groups in total. The molecular formula is C14H18BrNOS. The van der Waals surface area contributed by atoms with E-state index in [2.05, 4.69) is 29.8 Å². The monoisotopic (exact) mass is 327 g/mol. The number of rotatable bonds is 1. The summed E-state index contributed by atoms with van der Waals surface area (Å²) in [4.78, 5) is 14.4. The van der Waals surface area contributed by atoms with Crippen LogP contribution in [-0.4, -0.2) is 34.4 Å². The second-order valence-electron chi connectivity index (χ2n) is 4.93. The number of nitrogens with zero attached hydrogens (tertiary/aromatic N) is 1. The molecule has 0 radical (unpaired) electrons. The summed E-state index contributed by atoms with van der Waals surface area (Å²) in [5, 5.41) is 1.04. The van der Waals surface area contributed by atoms with Gasteiger partial charge in [-0.05, 0) is 30.7 Å². The maximum absolute atomic E-state index is 12.5. The van der Waals surface area contributed by atoms with Crippen molar-refractivity contribution in [2.45, 2.75) is 31.3 Å². The molecule has 2 rings (SSSR count). The van der Waals surface area contributed by atoms with E-state index in [0.29, 0.717) is 10.5 Å². The molecule has 0 aromatic heterocycles. The van der Waals surface area contributed by atoms with Gasteiger partial charge in [0.1, 0.15) is 0 Å². The van der Waals surface area contributed by atoms with Crippen molar-refractivity contribution in [2.24, 2.45) is 0 Å². The zero-order chi connectivity index (χ0) is 13.3. The molecule has 1 fully saturated rings. The van der Waals surface area contributed by atoms with Gasteiger partial charge in [-0.2, -0.15) is 11.8 Å². The molecule has 2 unspecified atom stereocenters. The molecule has 98 valence electrons. The lowest BCUT2D eigenvalue weighted by Gasteiger charge is -2.34. The van der Waals surface area contributed by atoms with Crippen molar-refractivity contribution in [1.29, 1.82) is 0 Å². The Bertz CT molecular complexity index is 453. The summed E-state index contributed by atoms with van der Waals surface area (Å²) in [5.41, 5.74) is 1.90. The van der Waals surface area contributed by atoms with Crippen molar-refractivity contribution < 1.29 is 4.79 Å². The first-order chi connectivity index (χ1) is 8.47. The lowest BCUT2D eigenvalue weighted by Crippen LogP contribution is -2.44. The van der Waals surface area contributed by atoms with E-state index in [0.717, 1.165) is 28.7 Å². The van der Waals surface area contributed by atoms with Crippen LogP contribution in [0, 0.1) is 6.92 Å². The standard InChI is InChI=1S/C14H18BrNOS/c1-9-6-12(4-5-13(9)15)14(17)16-7-10(2)18-11(3)8-16/h4-6,10-11H,7-8H2,1-3H3. The summed E-state index contributed by atoms with van der Waals surface area (Å²) in [6.45, 7) is 8.09. The molecule has 1 amide bonds. The van der Waals surface area contributed by atoms with Gasteiger partial charge in [-0.3, -0.25) is 4.79 Å². The number of amides is 1. The summed E-state index contributed by atoms with van der Waals surface area (Å²) >= 11 is 5.43. The van der Waals surface area contributed by atoms with Crippen LogP contribution in [-0.2, 0) is 0 Å². The first-order valence-corrected chi connectivity index (χ1v) is 7.92. The minimum atomic E-state index is 0.157. The van der Waals surface area contributed by atoms with Crippen LogP contribution >= 0.6 is 27.7 Å². The third-order valence-electron chi connectivity index (χ3n) is 3.11. The molecule has 1 aliphatic rings. The zero-order valence-electron chi connectivity index (χ0n) is 10.9. The number of halogens is 1. The normalized spacial score (nSPS) is 24.1. The van der Waals surface area contributed by atoms with Crippen molar-refractivity contribution in [3.8, 4) is 0 Å². The Morgan fingerprint density at radius 1 is 1.33 bits per heavy atom. The van der Waals surface area contributed by atoms with Gasteiger partial charge in [0.15, 0.2) is 0 Å². The number of carbonyl (C=O) groups is 1. The van der Waals surface area contributed by atoms with Gasteiger partial charge in [0, 0.05) is 33.6 Å². The van der Waals surface area contributed by atoms with E-state index in [1.807, 2.05) is 41.8 Å². The van der Waals surface area contributed by atoms with E-state index in [1.165, 1.54) is 0 Å². The molecule has 0 bridgehead atoms. The molecule has 1 aromatic carbocycles. The topological polar surface area (TPSA) is 20.3 Å². The smallest absolute Gasteiger partial charge is 0.253 e. The summed E-state index contributed by atoms with van der Waals surface area (Å²) in [6, 6.07) is 5.81. The predicted molar refractivity (Wildman–Crippen MR) is 81.3 cm³/mol. The maximum atomic E-state index is 12.5. The number of hydrogen-bond donors (Lipinski definition) is 0. The van der Waals surface area contributed by atoms with Crippen LogP contribution in [0.3, 0.4) is 0 Å². The molecule has 1 aromatic rings. The van der Waals surface area contributed by atoms with Gasteiger partial charge >= 0.3 is 0 Å². The maximum Gasteiger partial charge on any atom is 0.253 e. The SMILES string of the molecule is Cc1cc(C(=O)N2CC(C)SC(C)C2)ccc1Br. The molecular weight excluding hydrogens is 310 g/mol. The number of thioether (sulfide) groups is 1. The van der Waals surface area contributed by atoms with Crippen LogP contribution in [0.15, 0.2) is 22.7 Å². The van der Waals surface area contributed by atoms with Gasteiger partial charge in [0.25, 0.3) is 5.91 Å². The van der Waals surface area contributed by atoms with Crippen molar-refractivity contribution >= 4 is 33.6 Å². The molecule has 0 spiro atoms. The second kappa shape index (κ2) is 5.66. The lowest BCUT2D eigenvalue weighted by atomic mass is 10.1. The molecule has 2 atom stereocenters. The van der Waals surface area contributed by atoms with Crippen LogP contribution in [0.2, 0.25) is 0 Å². The van der Waals surface area contributed by atoms with Gasteiger partial charge < -0.3 is 4.90 Å². The van der Waals surface area contributed by atoms with Crippen molar-refractivity contribution in [3.63, 3.8) is 0 Å². The highest BCUT2D eigenvalue weighted by Gasteiger charge is 2.26. The third kappa shape index (κ3) is 3.09. The fourth-order valence-electron chi connectivity index (χ4n) is 2.30. The van der Waals surface area contributed by atoms with Gasteiger partial charge in [-0.15, -0.1) is 0 Å². The molecule has 1 saturated heterocycles. The van der Waals surface area contributed by atoms with Gasteiger partial charge in [0.2, 0.25) is 0 Å². The lowest BCUT2D eigenvalue weighted by molar-refractivity contribution is 0.0753. The Labute approximate surface area is 121 Å². The fourth-order valence-corrected chi connectivity index (χ4v) is 3.88. The highest BCUT2D eigenvalue weighted by atomic mass is 79.9. The fraction of sp³-hybridized carbons (Fsp3) is 0.500. The highest BCUT2D eigenvalue weighted by molar-refractivity contribution is 9.10. The molecule has 2 nitrogen and oxygen atoms in total. The molecule has 4 heteroatoms. The summed E-state index contributed by atoms with van der Waals surface area (Å²) < 4.78 is 1.05. The van der Waals surface area contributed by atoms with Gasteiger partial charge in [0.05, 0.1) is 0 Å². The van der Waals surface area contributed by atoms with E-state index >= 15 is 0 Å². The molecule has 18 heavy (non-hydrogen) atoms. The van der Waals surface area contributed by atoms with E-state index in [-0.39, 0.29) is 5.91 Å². The number of hydrogen-bond acceptors (Lipinski definition) is 2. The van der Waals surface area contributed by atoms with E-state index in [4.69, 9.17) is 0 Å². The van der Waals surface area contributed by atoms with Gasteiger partial charge in [-0.1, -0.05) is 29.8 Å². The van der Waals surface area contributed by atoms with E-state index < -0.39 is 0 Å². The summed E-state index contributed by atoms with van der Waals surface area (Å²) in [6.07, 6.45) is 0. The Balaban J connectivity index is 2.17. The molecule has 1 aliphatic heterocycles. The predicted octanol–water partition coefficient (Wildman–Crippen LogP) is 3.72. The van der Waals surface area contributed by atoms with Crippen LogP contribution in [0.25, 0.3) is 0 Å². The second-order valence-corrected chi connectivity index (χ2v) is 7.67. The Hall–Kier alpha value is -0.480. The van der Waals surface area contributed by atoms with Crippen LogP contribution in [0.5, 0.6) is 0 Å². The Morgan fingerprint density at radius 2 is 1.94 bits per heavy atom. The number of benzene rings is 1. The first kappa shape index (κ1) is 13.9. The van der Waals surface area contributed by atoms with E-state index in [9.17, 15) is 4.79 Å². The molecule has 0 aliphatic carbocycles. The molecule has 0 saturated carbocycles. The van der Waals surface area contributed by atoms with Crippen LogP contribution in [0.1, 0.15) is 29.8 Å². The minimum absolute atomic E-state index is 0.157. The number of carbonyl (C=O) groups excluding carboxylic acids is 1. The summed E-state index contributed by atoms with van der Waals surface area (Å²) in [5.74, 6) is 0.157. The van der Waals surface area contributed by atoms with Crippen molar-refractivity contribution in [1.82, 2.24) is 4.90 Å².